The maximum atomic E-state index is 4.44. The molecule has 2 aliphatic rings. The van der Waals surface area contributed by atoms with Gasteiger partial charge in [0.1, 0.15) is 11.2 Å². The second-order valence-corrected chi connectivity index (χ2v) is 11.0. The highest BCUT2D eigenvalue weighted by molar-refractivity contribution is 7.19. The van der Waals surface area contributed by atoms with Crippen molar-refractivity contribution < 1.29 is 0 Å². The molecule has 0 bridgehead atoms. The second-order valence-electron chi connectivity index (χ2n) is 9.99. The van der Waals surface area contributed by atoms with Crippen molar-refractivity contribution in [1.29, 1.82) is 0 Å². The number of aromatic amines is 1. The van der Waals surface area contributed by atoms with E-state index in [-0.39, 0.29) is 0 Å². The number of pyridine rings is 1. The first kappa shape index (κ1) is 18.6. The third kappa shape index (κ3) is 2.27. The number of fused-ring (bicyclic) bond motifs is 2. The largest absolute Gasteiger partial charge is 0.346 e. The molecule has 2 saturated carbocycles. The Balaban J connectivity index is 1.56. The van der Waals surface area contributed by atoms with E-state index >= 15 is 0 Å². The minimum absolute atomic E-state index is 0.458. The van der Waals surface area contributed by atoms with E-state index in [1.54, 1.807) is 11.2 Å². The molecular weight excluding hydrogens is 388 g/mol. The predicted molar refractivity (Wildman–Crippen MR) is 125 cm³/mol. The molecule has 156 valence electrons. The van der Waals surface area contributed by atoms with Crippen molar-refractivity contribution in [3.05, 3.63) is 39.7 Å². The van der Waals surface area contributed by atoms with Gasteiger partial charge in [0.15, 0.2) is 5.65 Å². The van der Waals surface area contributed by atoms with Crippen LogP contribution in [0, 0.1) is 26.2 Å². The van der Waals surface area contributed by atoms with Gasteiger partial charge in [-0.1, -0.05) is 20.3 Å². The summed E-state index contributed by atoms with van der Waals surface area (Å²) in [5.74, 6) is 1.26. The molecule has 0 aliphatic heterocycles. The molecule has 0 unspecified atom stereocenters. The van der Waals surface area contributed by atoms with Crippen LogP contribution in [0.3, 0.4) is 0 Å². The topological polar surface area (TPSA) is 46.0 Å². The maximum absolute atomic E-state index is 4.44. The average molecular weight is 419 g/mol. The van der Waals surface area contributed by atoms with E-state index in [4.69, 9.17) is 0 Å². The SMILES string of the molecule is Cc1c(-c2[nH]c3sc([C@H]4CCC45CCC5)c(C)c3c2C(C)C)cn2ncnc2c1C. The van der Waals surface area contributed by atoms with Crippen LogP contribution in [0.5, 0.6) is 0 Å². The monoisotopic (exact) mass is 418 g/mol. The molecule has 6 rings (SSSR count). The standard InChI is InChI=1S/C25H30N4S/c1-13(2)19-20-16(5)22(18-7-10-25(18)8-6-9-25)30-24(20)28-21(19)17-11-29-23(26-12-27-29)15(4)14(17)3/h11-13,18,28H,6-10H2,1-5H3/t18-/m1/s1. The second kappa shape index (κ2) is 6.19. The first-order valence-electron chi connectivity index (χ1n) is 11.4. The quantitative estimate of drug-likeness (QED) is 0.388. The highest BCUT2D eigenvalue weighted by Gasteiger charge is 2.52. The van der Waals surface area contributed by atoms with Crippen LogP contribution in [0.2, 0.25) is 0 Å². The molecule has 4 aromatic rings. The number of aryl methyl sites for hydroxylation is 2. The Kier molecular flexibility index (Phi) is 3.84. The number of hydrogen-bond acceptors (Lipinski definition) is 3. The predicted octanol–water partition coefficient (Wildman–Crippen LogP) is 7.04. The van der Waals surface area contributed by atoms with E-state index in [1.165, 1.54) is 75.8 Å². The summed E-state index contributed by atoms with van der Waals surface area (Å²) in [5, 5.41) is 5.91. The summed E-state index contributed by atoms with van der Waals surface area (Å²) >= 11 is 2.03. The van der Waals surface area contributed by atoms with Crippen molar-refractivity contribution >= 4 is 27.2 Å². The van der Waals surface area contributed by atoms with Crippen LogP contribution in [0.1, 0.15) is 84.9 Å². The Hall–Kier alpha value is -2.14. The zero-order valence-corrected chi connectivity index (χ0v) is 19.4. The smallest absolute Gasteiger partial charge is 0.158 e. The van der Waals surface area contributed by atoms with Crippen LogP contribution >= 0.6 is 11.3 Å². The zero-order valence-electron chi connectivity index (χ0n) is 18.6. The van der Waals surface area contributed by atoms with Crippen LogP contribution in [-0.4, -0.2) is 19.6 Å². The van der Waals surface area contributed by atoms with Gasteiger partial charge in [-0.2, -0.15) is 5.10 Å². The molecule has 0 amide bonds. The van der Waals surface area contributed by atoms with E-state index in [2.05, 4.69) is 55.9 Å². The molecule has 1 N–H and O–H groups in total. The summed E-state index contributed by atoms with van der Waals surface area (Å²) in [7, 11) is 0. The summed E-state index contributed by atoms with van der Waals surface area (Å²) in [5.41, 5.74) is 9.61. The third-order valence-corrected chi connectivity index (χ3v) is 9.59. The highest BCUT2D eigenvalue weighted by atomic mass is 32.1. The molecule has 1 atom stereocenters. The van der Waals surface area contributed by atoms with Gasteiger partial charge >= 0.3 is 0 Å². The zero-order chi connectivity index (χ0) is 20.8. The van der Waals surface area contributed by atoms with Crippen LogP contribution in [0.25, 0.3) is 27.1 Å². The number of aromatic nitrogens is 4. The number of hydrogen-bond donors (Lipinski definition) is 1. The van der Waals surface area contributed by atoms with Crippen molar-refractivity contribution in [3.8, 4) is 11.3 Å². The number of nitrogens with zero attached hydrogens (tertiary/aromatic N) is 3. The molecule has 1 spiro atoms. The fraction of sp³-hybridized carbons (Fsp3) is 0.520. The molecular formula is C25H30N4S. The van der Waals surface area contributed by atoms with Crippen LogP contribution in [0.15, 0.2) is 12.5 Å². The number of thiophene rings is 1. The number of H-pyrrole nitrogens is 1. The van der Waals surface area contributed by atoms with Crippen LogP contribution in [-0.2, 0) is 0 Å². The Bertz CT molecular complexity index is 1290. The number of rotatable bonds is 3. The highest BCUT2D eigenvalue weighted by Crippen LogP contribution is 2.65. The van der Waals surface area contributed by atoms with Gasteiger partial charge < -0.3 is 4.98 Å². The minimum Gasteiger partial charge on any atom is -0.346 e. The van der Waals surface area contributed by atoms with Gasteiger partial charge in [-0.25, -0.2) is 9.50 Å². The van der Waals surface area contributed by atoms with Crippen molar-refractivity contribution in [3.63, 3.8) is 0 Å². The van der Waals surface area contributed by atoms with Gasteiger partial charge in [-0.15, -0.1) is 11.3 Å². The fourth-order valence-corrected chi connectivity index (χ4v) is 7.66. The number of nitrogens with one attached hydrogen (secondary N) is 1. The maximum Gasteiger partial charge on any atom is 0.158 e. The molecule has 0 aromatic carbocycles. The molecule has 30 heavy (non-hydrogen) atoms. The van der Waals surface area contributed by atoms with Gasteiger partial charge in [-0.3, -0.25) is 0 Å². The Morgan fingerprint density at radius 2 is 1.93 bits per heavy atom. The summed E-state index contributed by atoms with van der Waals surface area (Å²) < 4.78 is 1.92. The van der Waals surface area contributed by atoms with Gasteiger partial charge in [0.2, 0.25) is 0 Å². The Morgan fingerprint density at radius 3 is 2.57 bits per heavy atom. The van der Waals surface area contributed by atoms with Crippen LogP contribution in [0.4, 0.5) is 0 Å². The van der Waals surface area contributed by atoms with Gasteiger partial charge in [-0.05, 0) is 86.0 Å². The molecule has 4 heterocycles. The van der Waals surface area contributed by atoms with E-state index in [0.29, 0.717) is 11.3 Å². The van der Waals surface area contributed by atoms with Crippen molar-refractivity contribution in [2.24, 2.45) is 5.41 Å². The first-order valence-corrected chi connectivity index (χ1v) is 12.2. The summed E-state index contributed by atoms with van der Waals surface area (Å²) in [4.78, 5) is 11.3. The average Bonchev–Trinajstić information content (AvgIpc) is 3.32. The van der Waals surface area contributed by atoms with Gasteiger partial charge in [0.05, 0.1) is 5.69 Å². The lowest BCUT2D eigenvalue weighted by atomic mass is 9.49. The third-order valence-electron chi connectivity index (χ3n) is 8.27. The summed E-state index contributed by atoms with van der Waals surface area (Å²) in [6.07, 6.45) is 11.0. The summed E-state index contributed by atoms with van der Waals surface area (Å²) in [6, 6.07) is 0. The molecule has 4 aromatic heterocycles. The van der Waals surface area contributed by atoms with E-state index in [1.807, 2.05) is 15.9 Å². The van der Waals surface area contributed by atoms with Gasteiger partial charge in [0.25, 0.3) is 0 Å². The summed E-state index contributed by atoms with van der Waals surface area (Å²) in [6.45, 7) is 11.4. The molecule has 2 fully saturated rings. The molecule has 2 aliphatic carbocycles. The lowest BCUT2D eigenvalue weighted by Gasteiger charge is -2.56. The van der Waals surface area contributed by atoms with Crippen LogP contribution < -0.4 is 0 Å². The fourth-order valence-electron chi connectivity index (χ4n) is 6.16. The molecule has 0 radical (unpaired) electrons. The van der Waals surface area contributed by atoms with Gasteiger partial charge in [0, 0.05) is 22.0 Å². The molecule has 5 heteroatoms. The molecule has 4 nitrogen and oxygen atoms in total. The van der Waals surface area contributed by atoms with Crippen molar-refractivity contribution in [1.82, 2.24) is 19.6 Å². The van der Waals surface area contributed by atoms with E-state index in [9.17, 15) is 0 Å². The van der Waals surface area contributed by atoms with Crippen molar-refractivity contribution in [2.75, 3.05) is 0 Å². The Labute approximate surface area is 181 Å². The Morgan fingerprint density at radius 1 is 1.13 bits per heavy atom. The van der Waals surface area contributed by atoms with E-state index in [0.717, 1.165) is 11.6 Å². The lowest BCUT2D eigenvalue weighted by Crippen LogP contribution is -2.43. The minimum atomic E-state index is 0.458. The normalized spacial score (nSPS) is 20.4. The van der Waals surface area contributed by atoms with Crippen molar-refractivity contribution in [2.45, 2.75) is 78.6 Å². The first-order chi connectivity index (χ1) is 14.4. The van der Waals surface area contributed by atoms with E-state index < -0.39 is 0 Å². The molecule has 0 saturated heterocycles. The lowest BCUT2D eigenvalue weighted by molar-refractivity contribution is -0.000499.